The van der Waals surface area contributed by atoms with Gasteiger partial charge >= 0.3 is 0 Å². The van der Waals surface area contributed by atoms with Gasteiger partial charge in [-0.1, -0.05) is 29.4 Å². The summed E-state index contributed by atoms with van der Waals surface area (Å²) >= 11 is 0. The molecule has 7 nitrogen and oxygen atoms in total. The van der Waals surface area contributed by atoms with Gasteiger partial charge in [-0.25, -0.2) is 9.97 Å². The lowest BCUT2D eigenvalue weighted by atomic mass is 10.00. The number of hydrogen-bond donors (Lipinski definition) is 2. The fourth-order valence-electron chi connectivity index (χ4n) is 2.96. The Kier molecular flexibility index (Phi) is 3.53. The van der Waals surface area contributed by atoms with Crippen molar-refractivity contribution in [2.45, 2.75) is 19.9 Å². The molecule has 0 atom stereocenters. The van der Waals surface area contributed by atoms with Gasteiger partial charge in [0, 0.05) is 19.2 Å². The molecule has 3 N–H and O–H groups in total. The minimum absolute atomic E-state index is 0.512. The lowest BCUT2D eigenvalue weighted by Gasteiger charge is -2.30. The Morgan fingerprint density at radius 3 is 2.83 bits per heavy atom. The molecule has 122 valence electrons. The van der Waals surface area contributed by atoms with Crippen molar-refractivity contribution in [1.29, 1.82) is 0 Å². The molecule has 0 radical (unpaired) electrons. The molecule has 7 heteroatoms. The van der Waals surface area contributed by atoms with Crippen molar-refractivity contribution >= 4 is 23.1 Å². The van der Waals surface area contributed by atoms with Crippen LogP contribution in [-0.4, -0.2) is 21.7 Å². The predicted molar refractivity (Wildman–Crippen MR) is 92.2 cm³/mol. The summed E-state index contributed by atoms with van der Waals surface area (Å²) in [6.45, 7) is 3.50. The molecule has 0 amide bonds. The van der Waals surface area contributed by atoms with Crippen molar-refractivity contribution in [3.63, 3.8) is 0 Å². The first-order chi connectivity index (χ1) is 11.7. The maximum Gasteiger partial charge on any atom is 0.175 e. The zero-order chi connectivity index (χ0) is 16.5. The second-order valence-corrected chi connectivity index (χ2v) is 5.85. The van der Waals surface area contributed by atoms with Crippen LogP contribution < -0.4 is 16.0 Å². The van der Waals surface area contributed by atoms with Gasteiger partial charge in [-0.3, -0.25) is 0 Å². The number of aromatic nitrogens is 3. The molecule has 0 unspecified atom stereocenters. The molecule has 0 saturated heterocycles. The minimum Gasteiger partial charge on any atom is -0.393 e. The van der Waals surface area contributed by atoms with Gasteiger partial charge in [0.2, 0.25) is 0 Å². The number of nitrogens with zero attached hydrogens (tertiary/aromatic N) is 4. The summed E-state index contributed by atoms with van der Waals surface area (Å²) in [5.74, 6) is 2.57. The summed E-state index contributed by atoms with van der Waals surface area (Å²) in [5, 5.41) is 6.99. The van der Waals surface area contributed by atoms with Crippen LogP contribution in [0.5, 0.6) is 0 Å². The highest BCUT2D eigenvalue weighted by Gasteiger charge is 2.21. The average molecular weight is 322 g/mol. The van der Waals surface area contributed by atoms with Crippen molar-refractivity contribution in [3.8, 4) is 0 Å². The van der Waals surface area contributed by atoms with Crippen LogP contribution in [0.1, 0.15) is 16.9 Å². The quantitative estimate of drug-likeness (QED) is 0.765. The van der Waals surface area contributed by atoms with E-state index >= 15 is 0 Å². The van der Waals surface area contributed by atoms with Gasteiger partial charge in [0.1, 0.15) is 17.8 Å². The van der Waals surface area contributed by atoms with Gasteiger partial charge in [0.05, 0.1) is 0 Å². The van der Waals surface area contributed by atoms with Crippen molar-refractivity contribution in [1.82, 2.24) is 15.1 Å². The van der Waals surface area contributed by atoms with E-state index in [2.05, 4.69) is 49.6 Å². The predicted octanol–water partition coefficient (Wildman–Crippen LogP) is 2.66. The highest BCUT2D eigenvalue weighted by atomic mass is 16.5. The number of fused-ring (bicyclic) bond motifs is 1. The lowest BCUT2D eigenvalue weighted by molar-refractivity contribution is 0.400. The van der Waals surface area contributed by atoms with Gasteiger partial charge in [0.15, 0.2) is 17.5 Å². The van der Waals surface area contributed by atoms with E-state index in [1.165, 1.54) is 17.5 Å². The van der Waals surface area contributed by atoms with Gasteiger partial charge < -0.3 is 20.5 Å². The SMILES string of the molecule is Cc1cc(Nc2ncnc(N3CCc4ccccc4C3)c2N)no1. The number of aryl methyl sites for hydroxylation is 1. The molecule has 0 aliphatic carbocycles. The van der Waals surface area contributed by atoms with E-state index in [1.54, 1.807) is 6.07 Å². The molecule has 1 aromatic carbocycles. The van der Waals surface area contributed by atoms with Gasteiger partial charge in [-0.05, 0) is 24.5 Å². The molecule has 4 rings (SSSR count). The van der Waals surface area contributed by atoms with Crippen LogP contribution in [0.25, 0.3) is 0 Å². The van der Waals surface area contributed by atoms with Crippen LogP contribution in [0.15, 0.2) is 41.2 Å². The number of nitrogens with two attached hydrogens (primary N) is 1. The fourth-order valence-corrected chi connectivity index (χ4v) is 2.96. The normalized spacial score (nSPS) is 13.6. The van der Waals surface area contributed by atoms with Gasteiger partial charge in [-0.2, -0.15) is 0 Å². The van der Waals surface area contributed by atoms with E-state index in [9.17, 15) is 0 Å². The van der Waals surface area contributed by atoms with Crippen LogP contribution in [0, 0.1) is 6.92 Å². The van der Waals surface area contributed by atoms with Gasteiger partial charge in [0.25, 0.3) is 0 Å². The molecule has 2 aromatic heterocycles. The molecule has 1 aliphatic heterocycles. The Balaban J connectivity index is 1.61. The molecule has 0 saturated carbocycles. The second kappa shape index (κ2) is 5.84. The number of hydrogen-bond acceptors (Lipinski definition) is 7. The summed E-state index contributed by atoms with van der Waals surface area (Å²) in [5.41, 5.74) is 9.51. The smallest absolute Gasteiger partial charge is 0.175 e. The van der Waals surface area contributed by atoms with Crippen LogP contribution >= 0.6 is 0 Å². The Hall–Kier alpha value is -3.09. The van der Waals surface area contributed by atoms with E-state index < -0.39 is 0 Å². The summed E-state index contributed by atoms with van der Waals surface area (Å²) in [4.78, 5) is 10.8. The summed E-state index contributed by atoms with van der Waals surface area (Å²) in [6, 6.07) is 10.3. The molecule has 0 bridgehead atoms. The number of rotatable bonds is 3. The molecular weight excluding hydrogens is 304 g/mol. The third-order valence-corrected chi connectivity index (χ3v) is 4.17. The van der Waals surface area contributed by atoms with E-state index in [0.29, 0.717) is 17.3 Å². The second-order valence-electron chi connectivity index (χ2n) is 5.85. The van der Waals surface area contributed by atoms with Crippen molar-refractivity contribution in [2.75, 3.05) is 22.5 Å². The fraction of sp³-hybridized carbons (Fsp3) is 0.235. The van der Waals surface area contributed by atoms with Crippen molar-refractivity contribution < 1.29 is 4.52 Å². The van der Waals surface area contributed by atoms with E-state index in [4.69, 9.17) is 10.3 Å². The first-order valence-electron chi connectivity index (χ1n) is 7.83. The maximum atomic E-state index is 6.30. The molecule has 3 heterocycles. The molecular formula is C17H18N6O. The summed E-state index contributed by atoms with van der Waals surface area (Å²) in [6.07, 6.45) is 2.49. The number of benzene rings is 1. The molecule has 24 heavy (non-hydrogen) atoms. The van der Waals surface area contributed by atoms with Crippen LogP contribution in [0.4, 0.5) is 23.1 Å². The van der Waals surface area contributed by atoms with Crippen LogP contribution in [0.2, 0.25) is 0 Å². The molecule has 1 aliphatic rings. The lowest BCUT2D eigenvalue weighted by Crippen LogP contribution is -2.31. The largest absolute Gasteiger partial charge is 0.393 e. The number of nitrogens with one attached hydrogen (secondary N) is 1. The molecule has 3 aromatic rings. The molecule has 0 spiro atoms. The van der Waals surface area contributed by atoms with Crippen LogP contribution in [0.3, 0.4) is 0 Å². The summed E-state index contributed by atoms with van der Waals surface area (Å²) < 4.78 is 5.06. The van der Waals surface area contributed by atoms with Crippen LogP contribution in [-0.2, 0) is 13.0 Å². The topological polar surface area (TPSA) is 93.1 Å². The van der Waals surface area contributed by atoms with Crippen molar-refractivity contribution in [3.05, 3.63) is 53.5 Å². The first kappa shape index (κ1) is 14.5. The highest BCUT2D eigenvalue weighted by molar-refractivity contribution is 5.77. The minimum atomic E-state index is 0.512. The zero-order valence-corrected chi connectivity index (χ0v) is 13.4. The third kappa shape index (κ3) is 2.64. The van der Waals surface area contributed by atoms with Crippen molar-refractivity contribution in [2.24, 2.45) is 0 Å². The third-order valence-electron chi connectivity index (χ3n) is 4.17. The number of nitrogen functional groups attached to an aromatic ring is 1. The summed E-state index contributed by atoms with van der Waals surface area (Å²) in [7, 11) is 0. The average Bonchev–Trinajstić information content (AvgIpc) is 3.01. The number of anilines is 4. The van der Waals surface area contributed by atoms with E-state index in [-0.39, 0.29) is 0 Å². The Morgan fingerprint density at radius 1 is 1.21 bits per heavy atom. The van der Waals surface area contributed by atoms with E-state index in [1.807, 2.05) is 6.92 Å². The first-order valence-corrected chi connectivity index (χ1v) is 7.83. The Bertz CT molecular complexity index is 875. The standard InChI is InChI=1S/C17H18N6O/c1-11-8-14(22-24-11)21-16-15(18)17(20-10-19-16)23-7-6-12-4-2-3-5-13(12)9-23/h2-5,8,10H,6-7,9,18H2,1H3,(H,19,20,21,22). The van der Waals surface area contributed by atoms with Gasteiger partial charge in [-0.15, -0.1) is 0 Å². The Morgan fingerprint density at radius 2 is 2.04 bits per heavy atom. The molecule has 0 fully saturated rings. The monoisotopic (exact) mass is 322 g/mol. The maximum absolute atomic E-state index is 6.30. The highest BCUT2D eigenvalue weighted by Crippen LogP contribution is 2.31. The zero-order valence-electron chi connectivity index (χ0n) is 13.4. The van der Waals surface area contributed by atoms with E-state index in [0.717, 1.165) is 31.1 Å². The Labute approximate surface area is 139 Å².